The molecule has 2 heterocycles. The first-order valence-corrected chi connectivity index (χ1v) is 7.93. The van der Waals surface area contributed by atoms with Crippen LogP contribution in [0.5, 0.6) is 0 Å². The molecule has 0 unspecified atom stereocenters. The molecule has 1 fully saturated rings. The Morgan fingerprint density at radius 1 is 1.26 bits per heavy atom. The molecule has 2 aromatic heterocycles. The first-order valence-electron chi connectivity index (χ1n) is 7.93. The van der Waals surface area contributed by atoms with Crippen LogP contribution >= 0.6 is 0 Å². The summed E-state index contributed by atoms with van der Waals surface area (Å²) in [6.07, 6.45) is 1.68. The molecular weight excluding hydrogens is 305 g/mol. The summed E-state index contributed by atoms with van der Waals surface area (Å²) in [4.78, 5) is 6.62. The number of halogens is 3. The van der Waals surface area contributed by atoms with Gasteiger partial charge in [-0.2, -0.15) is 13.2 Å². The molecule has 3 N–H and O–H groups in total. The summed E-state index contributed by atoms with van der Waals surface area (Å²) in [6, 6.07) is 3.28. The molecule has 3 rings (SSSR count). The number of rotatable bonds is 4. The number of nitrogens with zero attached hydrogens (tertiary/aromatic N) is 1. The Hall–Kier alpha value is -1.76. The summed E-state index contributed by atoms with van der Waals surface area (Å²) in [5.41, 5.74) is -0.285. The molecule has 1 aliphatic rings. The maximum Gasteiger partial charge on any atom is 0.431 e. The van der Waals surface area contributed by atoms with Gasteiger partial charge in [0.1, 0.15) is 11.5 Å². The van der Waals surface area contributed by atoms with Crippen LogP contribution in [0.15, 0.2) is 18.3 Å². The van der Waals surface area contributed by atoms with E-state index >= 15 is 0 Å². The fourth-order valence-corrected chi connectivity index (χ4v) is 3.24. The highest BCUT2D eigenvalue weighted by molar-refractivity contribution is 5.90. The molecule has 0 radical (unpaired) electrons. The standard InChI is InChI=1S/C16H21F3N4/c1-20-11-4-2-10(3-5-11)9-22-15-12-8-14(16(17,18)19)23-13(12)6-7-21-15/h6-8,10-11,20,23H,2-5,9H2,1H3,(H,21,22). The zero-order valence-electron chi connectivity index (χ0n) is 13.0. The summed E-state index contributed by atoms with van der Waals surface area (Å²) in [5.74, 6) is 1.06. The van der Waals surface area contributed by atoms with Crippen molar-refractivity contribution < 1.29 is 13.2 Å². The van der Waals surface area contributed by atoms with Crippen molar-refractivity contribution in [1.29, 1.82) is 0 Å². The molecule has 0 amide bonds. The highest BCUT2D eigenvalue weighted by atomic mass is 19.4. The molecule has 0 aliphatic heterocycles. The first kappa shape index (κ1) is 16.1. The summed E-state index contributed by atoms with van der Waals surface area (Å²) < 4.78 is 38.5. The second-order valence-corrected chi connectivity index (χ2v) is 6.19. The van der Waals surface area contributed by atoms with Gasteiger partial charge in [0.25, 0.3) is 0 Å². The van der Waals surface area contributed by atoms with Crippen LogP contribution in [-0.2, 0) is 6.18 Å². The van der Waals surface area contributed by atoms with E-state index in [0.717, 1.165) is 38.3 Å². The SMILES string of the molecule is CNC1CCC(CNc2nccc3[nH]c(C(F)(F)F)cc23)CC1. The van der Waals surface area contributed by atoms with Crippen molar-refractivity contribution in [2.24, 2.45) is 5.92 Å². The number of hydrogen-bond donors (Lipinski definition) is 3. The minimum absolute atomic E-state index is 0.453. The Labute approximate surface area is 132 Å². The molecule has 2 aromatic rings. The highest BCUT2D eigenvalue weighted by Gasteiger charge is 2.33. The van der Waals surface area contributed by atoms with Gasteiger partial charge >= 0.3 is 6.18 Å². The molecule has 126 valence electrons. The van der Waals surface area contributed by atoms with E-state index < -0.39 is 11.9 Å². The molecule has 0 aromatic carbocycles. The third-order valence-electron chi connectivity index (χ3n) is 4.67. The lowest BCUT2D eigenvalue weighted by Crippen LogP contribution is -2.32. The largest absolute Gasteiger partial charge is 0.431 e. The van der Waals surface area contributed by atoms with Gasteiger partial charge in [0.05, 0.1) is 5.52 Å². The van der Waals surface area contributed by atoms with E-state index in [0.29, 0.717) is 28.7 Å². The third-order valence-corrected chi connectivity index (χ3v) is 4.67. The Morgan fingerprint density at radius 3 is 2.65 bits per heavy atom. The normalized spacial score (nSPS) is 22.4. The van der Waals surface area contributed by atoms with Crippen LogP contribution < -0.4 is 10.6 Å². The van der Waals surface area contributed by atoms with Gasteiger partial charge in [-0.25, -0.2) is 4.98 Å². The van der Waals surface area contributed by atoms with Crippen LogP contribution in [0.1, 0.15) is 31.4 Å². The number of aromatic amines is 1. The molecule has 0 spiro atoms. The summed E-state index contributed by atoms with van der Waals surface area (Å²) >= 11 is 0. The fraction of sp³-hybridized carbons (Fsp3) is 0.562. The zero-order chi connectivity index (χ0) is 16.4. The molecule has 0 atom stereocenters. The lowest BCUT2D eigenvalue weighted by atomic mass is 9.86. The van der Waals surface area contributed by atoms with Crippen LogP contribution in [0.4, 0.5) is 19.0 Å². The van der Waals surface area contributed by atoms with Gasteiger partial charge in [0.2, 0.25) is 0 Å². The number of fused-ring (bicyclic) bond motifs is 1. The fourth-order valence-electron chi connectivity index (χ4n) is 3.24. The molecule has 4 nitrogen and oxygen atoms in total. The molecule has 7 heteroatoms. The van der Waals surface area contributed by atoms with Gasteiger partial charge in [-0.3, -0.25) is 0 Å². The van der Waals surface area contributed by atoms with Crippen LogP contribution in [0.3, 0.4) is 0 Å². The Morgan fingerprint density at radius 2 is 2.00 bits per heavy atom. The van der Waals surface area contributed by atoms with E-state index in [1.807, 2.05) is 7.05 Å². The predicted octanol–water partition coefficient (Wildman–Crippen LogP) is 3.77. The molecule has 0 saturated heterocycles. The minimum atomic E-state index is -4.37. The van der Waals surface area contributed by atoms with Crippen molar-refractivity contribution >= 4 is 16.7 Å². The van der Waals surface area contributed by atoms with E-state index in [1.54, 1.807) is 6.07 Å². The smallest absolute Gasteiger partial charge is 0.369 e. The van der Waals surface area contributed by atoms with Gasteiger partial charge in [0, 0.05) is 24.2 Å². The average Bonchev–Trinajstić information content (AvgIpc) is 2.98. The number of aromatic nitrogens is 2. The van der Waals surface area contributed by atoms with E-state index in [4.69, 9.17) is 0 Å². The molecular formula is C16H21F3N4. The van der Waals surface area contributed by atoms with Crippen molar-refractivity contribution in [2.45, 2.75) is 37.9 Å². The summed E-state index contributed by atoms with van der Waals surface area (Å²) in [6.45, 7) is 0.745. The highest BCUT2D eigenvalue weighted by Crippen LogP contribution is 2.33. The topological polar surface area (TPSA) is 52.7 Å². The average molecular weight is 326 g/mol. The number of hydrogen-bond acceptors (Lipinski definition) is 3. The van der Waals surface area contributed by atoms with Gasteiger partial charge < -0.3 is 15.6 Å². The second kappa shape index (κ2) is 6.39. The van der Waals surface area contributed by atoms with E-state index in [-0.39, 0.29) is 0 Å². The molecule has 0 bridgehead atoms. The lowest BCUT2D eigenvalue weighted by Gasteiger charge is -2.28. The maximum atomic E-state index is 12.8. The van der Waals surface area contributed by atoms with Crippen molar-refractivity contribution in [1.82, 2.24) is 15.3 Å². The van der Waals surface area contributed by atoms with E-state index in [2.05, 4.69) is 20.6 Å². The minimum Gasteiger partial charge on any atom is -0.369 e. The monoisotopic (exact) mass is 326 g/mol. The number of nitrogens with one attached hydrogen (secondary N) is 3. The number of anilines is 1. The summed E-state index contributed by atoms with van der Waals surface area (Å²) in [5, 5.41) is 7.02. The van der Waals surface area contributed by atoms with Crippen molar-refractivity contribution in [3.05, 3.63) is 24.0 Å². The van der Waals surface area contributed by atoms with Crippen molar-refractivity contribution in [3.63, 3.8) is 0 Å². The van der Waals surface area contributed by atoms with Crippen molar-refractivity contribution in [3.8, 4) is 0 Å². The van der Waals surface area contributed by atoms with Crippen LogP contribution in [0.25, 0.3) is 10.9 Å². The van der Waals surface area contributed by atoms with Crippen LogP contribution in [-0.4, -0.2) is 29.6 Å². The van der Waals surface area contributed by atoms with E-state index in [9.17, 15) is 13.2 Å². The van der Waals surface area contributed by atoms with E-state index in [1.165, 1.54) is 6.20 Å². The van der Waals surface area contributed by atoms with Gasteiger partial charge in [-0.1, -0.05) is 0 Å². The molecule has 1 aliphatic carbocycles. The number of alkyl halides is 3. The predicted molar refractivity (Wildman–Crippen MR) is 84.4 cm³/mol. The number of pyridine rings is 1. The van der Waals surface area contributed by atoms with Gasteiger partial charge in [0.15, 0.2) is 0 Å². The van der Waals surface area contributed by atoms with Crippen molar-refractivity contribution in [2.75, 3.05) is 18.9 Å². The van der Waals surface area contributed by atoms with Crippen LogP contribution in [0, 0.1) is 5.92 Å². The van der Waals surface area contributed by atoms with Crippen LogP contribution in [0.2, 0.25) is 0 Å². The first-order chi connectivity index (χ1) is 11.0. The number of H-pyrrole nitrogens is 1. The molecule has 23 heavy (non-hydrogen) atoms. The summed E-state index contributed by atoms with van der Waals surface area (Å²) in [7, 11) is 1.98. The molecule has 1 saturated carbocycles. The Kier molecular flexibility index (Phi) is 4.48. The second-order valence-electron chi connectivity index (χ2n) is 6.19. The lowest BCUT2D eigenvalue weighted by molar-refractivity contribution is -0.140. The quantitative estimate of drug-likeness (QED) is 0.801. The van der Waals surface area contributed by atoms with Gasteiger partial charge in [-0.15, -0.1) is 0 Å². The third kappa shape index (κ3) is 3.60. The van der Waals surface area contributed by atoms with Gasteiger partial charge in [-0.05, 0) is 50.8 Å². The maximum absolute atomic E-state index is 12.8. The Balaban J connectivity index is 1.70. The Bertz CT molecular complexity index is 657. The zero-order valence-corrected chi connectivity index (χ0v) is 13.0.